The fraction of sp³-hybridized carbons (Fsp3) is 0. The molecule has 0 bridgehead atoms. The number of halogens is 1. The lowest BCUT2D eigenvalue weighted by molar-refractivity contribution is 0.102. The van der Waals surface area contributed by atoms with Crippen molar-refractivity contribution in [3.05, 3.63) is 78.4 Å². The van der Waals surface area contributed by atoms with E-state index in [2.05, 4.69) is 15.3 Å². The second-order valence-corrected chi connectivity index (χ2v) is 5.41. The molecular weight excluding hydrogens is 321 g/mol. The van der Waals surface area contributed by atoms with Gasteiger partial charge in [0, 0.05) is 23.6 Å². The van der Waals surface area contributed by atoms with Crippen molar-refractivity contribution in [1.29, 1.82) is 0 Å². The highest BCUT2D eigenvalue weighted by molar-refractivity contribution is 6.04. The number of benzene rings is 2. The zero-order valence-electron chi connectivity index (χ0n) is 12.9. The predicted molar refractivity (Wildman–Crippen MR) is 91.6 cm³/mol. The summed E-state index contributed by atoms with van der Waals surface area (Å²) in [6, 6.07) is 14.5. The van der Waals surface area contributed by atoms with Gasteiger partial charge in [0.25, 0.3) is 5.91 Å². The number of nitrogens with zero attached hydrogens (tertiary/aromatic N) is 2. The highest BCUT2D eigenvalue weighted by atomic mass is 19.1. The quantitative estimate of drug-likeness (QED) is 0.607. The van der Waals surface area contributed by atoms with E-state index in [0.29, 0.717) is 33.8 Å². The molecule has 4 aromatic rings. The molecule has 2 aromatic heterocycles. The van der Waals surface area contributed by atoms with Gasteiger partial charge in [0.1, 0.15) is 11.3 Å². The minimum Gasteiger partial charge on any atom is -0.436 e. The molecule has 25 heavy (non-hydrogen) atoms. The Morgan fingerprint density at radius 3 is 2.80 bits per heavy atom. The van der Waals surface area contributed by atoms with Crippen LogP contribution in [0.3, 0.4) is 0 Å². The largest absolute Gasteiger partial charge is 0.436 e. The summed E-state index contributed by atoms with van der Waals surface area (Å²) in [5, 5.41) is 2.79. The number of anilines is 1. The predicted octanol–water partition coefficient (Wildman–Crippen LogP) is 4.28. The third-order valence-electron chi connectivity index (χ3n) is 3.64. The number of oxazole rings is 1. The molecule has 0 radical (unpaired) electrons. The number of aromatic nitrogens is 2. The fourth-order valence-electron chi connectivity index (χ4n) is 2.45. The molecule has 1 amide bonds. The van der Waals surface area contributed by atoms with Gasteiger partial charge >= 0.3 is 0 Å². The van der Waals surface area contributed by atoms with Crippen LogP contribution in [0.5, 0.6) is 0 Å². The van der Waals surface area contributed by atoms with Crippen molar-refractivity contribution in [2.75, 3.05) is 5.32 Å². The number of rotatable bonds is 3. The molecule has 2 aromatic carbocycles. The molecule has 0 aliphatic heterocycles. The first-order valence-electron chi connectivity index (χ1n) is 7.57. The molecule has 0 aliphatic carbocycles. The van der Waals surface area contributed by atoms with Gasteiger partial charge in [-0.2, -0.15) is 0 Å². The minimum atomic E-state index is -0.357. The van der Waals surface area contributed by atoms with Crippen molar-refractivity contribution in [2.45, 2.75) is 0 Å². The molecule has 0 unspecified atom stereocenters. The zero-order valence-corrected chi connectivity index (χ0v) is 12.9. The van der Waals surface area contributed by atoms with E-state index in [4.69, 9.17) is 4.42 Å². The summed E-state index contributed by atoms with van der Waals surface area (Å²) in [5.74, 6) is -0.296. The summed E-state index contributed by atoms with van der Waals surface area (Å²) in [4.78, 5) is 20.5. The zero-order chi connectivity index (χ0) is 17.2. The molecular formula is C19H12FN3O2. The normalized spacial score (nSPS) is 10.8. The summed E-state index contributed by atoms with van der Waals surface area (Å²) in [7, 11) is 0. The molecule has 0 atom stereocenters. The Hall–Kier alpha value is -3.54. The van der Waals surface area contributed by atoms with Crippen LogP contribution in [-0.2, 0) is 0 Å². The van der Waals surface area contributed by atoms with Crippen LogP contribution in [0, 0.1) is 5.82 Å². The second-order valence-electron chi connectivity index (χ2n) is 5.41. The van der Waals surface area contributed by atoms with Crippen LogP contribution in [0.15, 0.2) is 71.4 Å². The topological polar surface area (TPSA) is 68.0 Å². The lowest BCUT2D eigenvalue weighted by Crippen LogP contribution is -2.11. The Balaban J connectivity index is 1.63. The number of amides is 1. The molecule has 0 fully saturated rings. The summed E-state index contributed by atoms with van der Waals surface area (Å²) < 4.78 is 19.0. The molecule has 4 rings (SSSR count). The Morgan fingerprint density at radius 1 is 1.08 bits per heavy atom. The van der Waals surface area contributed by atoms with Crippen LogP contribution in [0.1, 0.15) is 10.4 Å². The van der Waals surface area contributed by atoms with Gasteiger partial charge in [-0.15, -0.1) is 0 Å². The smallest absolute Gasteiger partial charge is 0.257 e. The summed E-state index contributed by atoms with van der Waals surface area (Å²) in [5.41, 5.74) is 2.72. The first-order valence-corrected chi connectivity index (χ1v) is 7.57. The van der Waals surface area contributed by atoms with Crippen molar-refractivity contribution in [3.63, 3.8) is 0 Å². The van der Waals surface area contributed by atoms with Gasteiger partial charge in [0.05, 0.1) is 5.56 Å². The molecule has 0 spiro atoms. The first-order chi connectivity index (χ1) is 12.2. The van der Waals surface area contributed by atoms with Crippen LogP contribution in [0.2, 0.25) is 0 Å². The average molecular weight is 333 g/mol. The van der Waals surface area contributed by atoms with Crippen molar-refractivity contribution >= 4 is 22.7 Å². The van der Waals surface area contributed by atoms with Gasteiger partial charge in [0.15, 0.2) is 5.58 Å². The van der Waals surface area contributed by atoms with Crippen LogP contribution >= 0.6 is 0 Å². The second kappa shape index (κ2) is 6.16. The van der Waals surface area contributed by atoms with Crippen LogP contribution in [-0.4, -0.2) is 15.9 Å². The molecule has 0 aliphatic rings. The van der Waals surface area contributed by atoms with Crippen LogP contribution in [0.25, 0.3) is 22.6 Å². The summed E-state index contributed by atoms with van der Waals surface area (Å²) >= 11 is 0. The summed E-state index contributed by atoms with van der Waals surface area (Å²) in [6.07, 6.45) is 3.10. The highest BCUT2D eigenvalue weighted by Gasteiger charge is 2.11. The van der Waals surface area contributed by atoms with E-state index in [1.807, 2.05) is 0 Å². The number of hydrogen-bond donors (Lipinski definition) is 1. The molecule has 122 valence electrons. The van der Waals surface area contributed by atoms with Gasteiger partial charge in [-0.05, 0) is 48.5 Å². The van der Waals surface area contributed by atoms with Gasteiger partial charge in [0.2, 0.25) is 5.89 Å². The SMILES string of the molecule is O=C(Nc1ccc2oc(-c3cccc(F)c3)nc2c1)c1cccnc1. The fourth-order valence-corrected chi connectivity index (χ4v) is 2.45. The molecule has 5 nitrogen and oxygen atoms in total. The van der Waals surface area contributed by atoms with E-state index in [9.17, 15) is 9.18 Å². The van der Waals surface area contributed by atoms with E-state index in [-0.39, 0.29) is 11.7 Å². The number of carbonyl (C=O) groups is 1. The Morgan fingerprint density at radius 2 is 2.00 bits per heavy atom. The maximum Gasteiger partial charge on any atom is 0.257 e. The number of nitrogens with one attached hydrogen (secondary N) is 1. The third kappa shape index (κ3) is 3.10. The first kappa shape index (κ1) is 15.0. The van der Waals surface area contributed by atoms with Crippen molar-refractivity contribution in [1.82, 2.24) is 9.97 Å². The van der Waals surface area contributed by atoms with Gasteiger partial charge < -0.3 is 9.73 Å². The number of hydrogen-bond acceptors (Lipinski definition) is 4. The maximum absolute atomic E-state index is 13.4. The number of fused-ring (bicyclic) bond motifs is 1. The highest BCUT2D eigenvalue weighted by Crippen LogP contribution is 2.26. The van der Waals surface area contributed by atoms with Crippen LogP contribution < -0.4 is 5.32 Å². The molecule has 0 saturated carbocycles. The van der Waals surface area contributed by atoms with E-state index in [1.54, 1.807) is 48.7 Å². The average Bonchev–Trinajstić information content (AvgIpc) is 3.06. The lowest BCUT2D eigenvalue weighted by atomic mass is 10.2. The monoisotopic (exact) mass is 333 g/mol. The molecule has 2 heterocycles. The lowest BCUT2D eigenvalue weighted by Gasteiger charge is -2.04. The maximum atomic E-state index is 13.4. The Bertz CT molecular complexity index is 1060. The van der Waals surface area contributed by atoms with Crippen LogP contribution in [0.4, 0.5) is 10.1 Å². The van der Waals surface area contributed by atoms with Gasteiger partial charge in [-0.3, -0.25) is 9.78 Å². The molecule has 1 N–H and O–H groups in total. The molecule has 6 heteroatoms. The van der Waals surface area contributed by atoms with Crippen molar-refractivity contribution in [3.8, 4) is 11.5 Å². The van der Waals surface area contributed by atoms with Crippen molar-refractivity contribution in [2.24, 2.45) is 0 Å². The summed E-state index contributed by atoms with van der Waals surface area (Å²) in [6.45, 7) is 0. The van der Waals surface area contributed by atoms with E-state index in [0.717, 1.165) is 0 Å². The number of pyridine rings is 1. The van der Waals surface area contributed by atoms with Crippen molar-refractivity contribution < 1.29 is 13.6 Å². The van der Waals surface area contributed by atoms with E-state index in [1.165, 1.54) is 18.3 Å². The van der Waals surface area contributed by atoms with Gasteiger partial charge in [-0.25, -0.2) is 9.37 Å². The Labute approximate surface area is 142 Å². The number of carbonyl (C=O) groups excluding carboxylic acids is 1. The molecule has 0 saturated heterocycles. The van der Waals surface area contributed by atoms with E-state index < -0.39 is 0 Å². The minimum absolute atomic E-state index is 0.263. The third-order valence-corrected chi connectivity index (χ3v) is 3.64. The Kier molecular flexibility index (Phi) is 3.70. The van der Waals surface area contributed by atoms with Gasteiger partial charge in [-0.1, -0.05) is 6.07 Å². The standard InChI is InChI=1S/C19H12FN3O2/c20-14-5-1-3-12(9-14)19-23-16-10-15(6-7-17(16)25-19)22-18(24)13-4-2-8-21-11-13/h1-11H,(H,22,24). The van der Waals surface area contributed by atoms with E-state index >= 15 is 0 Å².